The van der Waals surface area contributed by atoms with Crippen molar-refractivity contribution in [1.82, 2.24) is 9.58 Å². The van der Waals surface area contributed by atoms with Crippen molar-refractivity contribution in [3.05, 3.63) is 70.3 Å². The summed E-state index contributed by atoms with van der Waals surface area (Å²) in [6, 6.07) is 18.6. The van der Waals surface area contributed by atoms with Crippen molar-refractivity contribution in [3.8, 4) is 11.5 Å². The molecule has 7 nitrogen and oxygen atoms in total. The van der Waals surface area contributed by atoms with Crippen LogP contribution in [0.2, 0.25) is 0 Å². The van der Waals surface area contributed by atoms with Crippen LogP contribution < -0.4 is 9.70 Å². The van der Waals surface area contributed by atoms with Gasteiger partial charge in [-0.3, -0.25) is 9.79 Å². The molecule has 0 aliphatic carbocycles. The van der Waals surface area contributed by atoms with E-state index >= 15 is 0 Å². The van der Waals surface area contributed by atoms with E-state index in [1.807, 2.05) is 41.4 Å². The van der Waals surface area contributed by atoms with Crippen LogP contribution in [0.15, 0.2) is 74.5 Å². The molecule has 0 atom stereocenters. The van der Waals surface area contributed by atoms with Crippen molar-refractivity contribution < 1.29 is 9.21 Å². The van der Waals surface area contributed by atoms with E-state index in [-0.39, 0.29) is 0 Å². The van der Waals surface area contributed by atoms with Crippen LogP contribution in [0, 0.1) is 0 Å². The second-order valence-corrected chi connectivity index (χ2v) is 8.75. The first-order valence-electron chi connectivity index (χ1n) is 11.7. The quantitative estimate of drug-likeness (QED) is 0.248. The van der Waals surface area contributed by atoms with Gasteiger partial charge in [0.25, 0.3) is 0 Å². The second kappa shape index (κ2) is 12.7. The fourth-order valence-corrected chi connectivity index (χ4v) is 4.30. The molecule has 0 aliphatic heterocycles. The third-order valence-electron chi connectivity index (χ3n) is 5.21. The summed E-state index contributed by atoms with van der Waals surface area (Å²) < 4.78 is 7.94. The second-order valence-electron chi connectivity index (χ2n) is 7.92. The lowest BCUT2D eigenvalue weighted by Gasteiger charge is -2.20. The molecule has 1 amide bonds. The number of nitrogens with zero attached hydrogens (tertiary/aromatic N) is 5. The van der Waals surface area contributed by atoms with E-state index < -0.39 is 0 Å². The molecule has 2 aromatic carbocycles. The van der Waals surface area contributed by atoms with E-state index in [0.717, 1.165) is 52.3 Å². The van der Waals surface area contributed by atoms with Gasteiger partial charge in [0, 0.05) is 50.2 Å². The number of carbonyl (C=O) groups excluding carboxylic acids is 1. The maximum Gasteiger partial charge on any atom is 0.209 e. The highest BCUT2D eigenvalue weighted by molar-refractivity contribution is 7.07. The van der Waals surface area contributed by atoms with Crippen LogP contribution in [0.5, 0.6) is 0 Å². The molecule has 0 N–H and O–H groups in total. The Kier molecular flexibility index (Phi) is 9.43. The Bertz CT molecular complexity index is 1280. The topological polar surface area (TPSA) is 66.3 Å². The van der Waals surface area contributed by atoms with E-state index in [9.17, 15) is 4.79 Å². The first kappa shape index (κ1) is 26.0. The maximum atomic E-state index is 9.43. The lowest BCUT2D eigenvalue weighted by molar-refractivity contribution is -0.115. The largest absolute Gasteiger partial charge is 0.454 e. The minimum atomic E-state index is 0.703. The van der Waals surface area contributed by atoms with Gasteiger partial charge in [0.2, 0.25) is 11.2 Å². The highest BCUT2D eigenvalue weighted by Crippen LogP contribution is 2.28. The Hall–Kier alpha value is -3.65. The van der Waals surface area contributed by atoms with E-state index in [1.165, 1.54) is 10.6 Å². The summed E-state index contributed by atoms with van der Waals surface area (Å²) in [6.45, 7) is 9.07. The molecular weight excluding hydrogens is 458 g/mol. The molecular formula is C27H33N5O2S. The molecule has 8 heteroatoms. The standard InChI is InChI=1S/C24H26N4OS.C3H7NO/c1-4-25-24-28(26-16-18-11-13-20(14-12-18)27(5-2)6-3)21(17-30-24)23-15-19-9-7-8-10-22(19)29-23;1-4(2)3-5/h7-17H,4-6H2,1-3H3;3H,1-2H3/b25-24?,26-16+;. The van der Waals surface area contributed by atoms with Gasteiger partial charge in [-0.25, -0.2) is 4.68 Å². The van der Waals surface area contributed by atoms with Crippen molar-refractivity contribution in [2.75, 3.05) is 38.6 Å². The van der Waals surface area contributed by atoms with Gasteiger partial charge in [-0.1, -0.05) is 30.3 Å². The fraction of sp³-hybridized carbons (Fsp3) is 0.296. The Morgan fingerprint density at radius 1 is 1.03 bits per heavy atom. The van der Waals surface area contributed by atoms with Gasteiger partial charge in [0.1, 0.15) is 11.3 Å². The number of amides is 1. The number of furan rings is 1. The Morgan fingerprint density at radius 3 is 2.31 bits per heavy atom. The minimum absolute atomic E-state index is 0.703. The molecule has 0 bridgehead atoms. The average molecular weight is 492 g/mol. The van der Waals surface area contributed by atoms with Crippen LogP contribution >= 0.6 is 11.3 Å². The van der Waals surface area contributed by atoms with E-state index in [1.54, 1.807) is 25.4 Å². The summed E-state index contributed by atoms with van der Waals surface area (Å²) >= 11 is 1.57. The van der Waals surface area contributed by atoms with Gasteiger partial charge in [-0.15, -0.1) is 11.3 Å². The number of hydrogen-bond acceptors (Lipinski definition) is 6. The van der Waals surface area contributed by atoms with Crippen LogP contribution in [0.25, 0.3) is 22.4 Å². The van der Waals surface area contributed by atoms with Crippen LogP contribution in [-0.2, 0) is 4.79 Å². The van der Waals surface area contributed by atoms with E-state index in [0.29, 0.717) is 6.54 Å². The number of anilines is 1. The summed E-state index contributed by atoms with van der Waals surface area (Å²) in [5.74, 6) is 0.791. The van der Waals surface area contributed by atoms with Crippen LogP contribution in [-0.4, -0.2) is 55.9 Å². The number of fused-ring (bicyclic) bond motifs is 1. The summed E-state index contributed by atoms with van der Waals surface area (Å²) in [5, 5.41) is 7.88. The zero-order valence-corrected chi connectivity index (χ0v) is 21.8. The monoisotopic (exact) mass is 491 g/mol. The Balaban J connectivity index is 0.000000623. The summed E-state index contributed by atoms with van der Waals surface area (Å²) in [4.78, 5) is 18.6. The molecule has 0 fully saturated rings. The molecule has 0 unspecified atom stereocenters. The predicted molar refractivity (Wildman–Crippen MR) is 146 cm³/mol. The van der Waals surface area contributed by atoms with Crippen LogP contribution in [0.3, 0.4) is 0 Å². The first-order chi connectivity index (χ1) is 17.0. The lowest BCUT2D eigenvalue weighted by Crippen LogP contribution is -2.21. The van der Waals surface area contributed by atoms with Gasteiger partial charge in [-0.05, 0) is 50.6 Å². The summed E-state index contributed by atoms with van der Waals surface area (Å²) in [5.41, 5.74) is 4.04. The van der Waals surface area contributed by atoms with Crippen molar-refractivity contribution in [2.24, 2.45) is 10.1 Å². The highest BCUT2D eigenvalue weighted by Gasteiger charge is 2.12. The van der Waals surface area contributed by atoms with Crippen molar-refractivity contribution in [3.63, 3.8) is 0 Å². The fourth-order valence-electron chi connectivity index (χ4n) is 3.42. The number of rotatable bonds is 8. The van der Waals surface area contributed by atoms with Crippen molar-refractivity contribution >= 4 is 40.6 Å². The third kappa shape index (κ3) is 6.70. The van der Waals surface area contributed by atoms with Gasteiger partial charge in [-0.2, -0.15) is 5.10 Å². The molecule has 0 saturated carbocycles. The van der Waals surface area contributed by atoms with Gasteiger partial charge >= 0.3 is 0 Å². The zero-order chi connectivity index (χ0) is 25.2. The van der Waals surface area contributed by atoms with Crippen LogP contribution in [0.4, 0.5) is 5.69 Å². The molecule has 2 aromatic heterocycles. The van der Waals surface area contributed by atoms with E-state index in [2.05, 4.69) is 60.1 Å². The lowest BCUT2D eigenvalue weighted by atomic mass is 10.2. The highest BCUT2D eigenvalue weighted by atomic mass is 32.1. The molecule has 0 radical (unpaired) electrons. The SMILES string of the molecule is CCN=c1scc(-c2cc3ccccc3o2)n1/N=C/c1ccc(N(CC)CC)cc1.CN(C)C=O. The molecule has 0 saturated heterocycles. The number of aromatic nitrogens is 1. The molecule has 35 heavy (non-hydrogen) atoms. The number of para-hydroxylation sites is 1. The van der Waals surface area contributed by atoms with E-state index in [4.69, 9.17) is 9.52 Å². The molecule has 4 aromatic rings. The number of thiazole rings is 1. The van der Waals surface area contributed by atoms with Crippen LogP contribution in [0.1, 0.15) is 26.3 Å². The van der Waals surface area contributed by atoms with Gasteiger partial charge in [0.05, 0.1) is 6.21 Å². The molecule has 2 heterocycles. The van der Waals surface area contributed by atoms with Gasteiger partial charge < -0.3 is 14.2 Å². The van der Waals surface area contributed by atoms with Crippen molar-refractivity contribution in [1.29, 1.82) is 0 Å². The summed E-state index contributed by atoms with van der Waals surface area (Å²) in [6.07, 6.45) is 2.62. The number of hydrogen-bond donors (Lipinski definition) is 0. The predicted octanol–water partition coefficient (Wildman–Crippen LogP) is 5.32. The maximum absolute atomic E-state index is 9.43. The number of benzene rings is 2. The summed E-state index contributed by atoms with van der Waals surface area (Å²) in [7, 11) is 3.38. The molecule has 0 aliphatic rings. The smallest absolute Gasteiger partial charge is 0.209 e. The van der Waals surface area contributed by atoms with Crippen molar-refractivity contribution in [2.45, 2.75) is 20.8 Å². The average Bonchev–Trinajstić information content (AvgIpc) is 3.48. The third-order valence-corrected chi connectivity index (χ3v) is 6.07. The molecule has 0 spiro atoms. The minimum Gasteiger partial charge on any atom is -0.454 e. The zero-order valence-electron chi connectivity index (χ0n) is 21.0. The molecule has 184 valence electrons. The Morgan fingerprint density at radius 2 is 1.71 bits per heavy atom. The molecule has 4 rings (SSSR count). The first-order valence-corrected chi connectivity index (χ1v) is 12.6. The normalized spacial score (nSPS) is 11.5. The van der Waals surface area contributed by atoms with Gasteiger partial charge in [0.15, 0.2) is 5.76 Å². The number of carbonyl (C=O) groups is 1. The Labute approximate surface area is 210 Å².